The highest BCUT2D eigenvalue weighted by Gasteiger charge is 2.35. The number of carbonyl (C=O) groups excluding carboxylic acids is 3. The van der Waals surface area contributed by atoms with Gasteiger partial charge in [-0.15, -0.1) is 0 Å². The first kappa shape index (κ1) is 23.6. The van der Waals surface area contributed by atoms with Gasteiger partial charge in [-0.05, 0) is 60.2 Å². The van der Waals surface area contributed by atoms with E-state index in [9.17, 15) is 14.4 Å². The summed E-state index contributed by atoms with van der Waals surface area (Å²) >= 11 is 7.21. The lowest BCUT2D eigenvalue weighted by Gasteiger charge is -2.12. The van der Waals surface area contributed by atoms with E-state index in [0.717, 1.165) is 22.9 Å². The fourth-order valence-electron chi connectivity index (χ4n) is 3.25. The number of benzene rings is 3. The molecule has 4 rings (SSSR count). The Morgan fingerprint density at radius 1 is 1.06 bits per heavy atom. The Balaban J connectivity index is 1.38. The third-order valence-electron chi connectivity index (χ3n) is 5.00. The van der Waals surface area contributed by atoms with Gasteiger partial charge in [0.05, 0.1) is 16.5 Å². The molecule has 1 aliphatic rings. The Bertz CT molecular complexity index is 1260. The van der Waals surface area contributed by atoms with Gasteiger partial charge >= 0.3 is 0 Å². The van der Waals surface area contributed by atoms with Crippen LogP contribution < -0.4 is 10.1 Å². The molecule has 0 atom stereocenters. The smallest absolute Gasteiger partial charge is 0.293 e. The first-order chi connectivity index (χ1) is 16.4. The maximum atomic E-state index is 12.8. The highest BCUT2D eigenvalue weighted by atomic mass is 35.5. The number of aryl methyl sites for hydroxylation is 1. The molecule has 0 aliphatic carbocycles. The molecule has 172 valence electrons. The molecule has 1 N–H and O–H groups in total. The number of nitrogens with zero attached hydrogens (tertiary/aromatic N) is 1. The monoisotopic (exact) mass is 492 g/mol. The highest BCUT2D eigenvalue weighted by molar-refractivity contribution is 8.18. The molecule has 0 unspecified atom stereocenters. The number of rotatable bonds is 7. The summed E-state index contributed by atoms with van der Waals surface area (Å²) in [6.07, 6.45) is 1.62. The van der Waals surface area contributed by atoms with Crippen molar-refractivity contribution >= 4 is 52.2 Å². The Labute approximate surface area is 206 Å². The van der Waals surface area contributed by atoms with Crippen LogP contribution in [-0.4, -0.2) is 28.6 Å². The molecule has 0 bridgehead atoms. The zero-order chi connectivity index (χ0) is 24.1. The Hall–Kier alpha value is -3.55. The predicted octanol–water partition coefficient (Wildman–Crippen LogP) is 5.90. The number of halogens is 1. The normalized spacial score (nSPS) is 14.5. The molecule has 34 heavy (non-hydrogen) atoms. The number of imide groups is 1. The van der Waals surface area contributed by atoms with Crippen LogP contribution in [0.4, 0.5) is 10.5 Å². The quantitative estimate of drug-likeness (QED) is 0.415. The van der Waals surface area contributed by atoms with E-state index in [2.05, 4.69) is 5.32 Å². The molecule has 0 radical (unpaired) electrons. The number of hydrogen-bond donors (Lipinski definition) is 1. The van der Waals surface area contributed by atoms with Gasteiger partial charge < -0.3 is 10.1 Å². The van der Waals surface area contributed by atoms with Crippen LogP contribution >= 0.6 is 23.4 Å². The lowest BCUT2D eigenvalue weighted by atomic mass is 10.1. The van der Waals surface area contributed by atoms with Crippen molar-refractivity contribution in [1.82, 2.24) is 4.90 Å². The van der Waals surface area contributed by atoms with Gasteiger partial charge in [0.2, 0.25) is 0 Å². The van der Waals surface area contributed by atoms with Gasteiger partial charge in [-0.3, -0.25) is 19.3 Å². The summed E-state index contributed by atoms with van der Waals surface area (Å²) in [4.78, 5) is 38.8. The van der Waals surface area contributed by atoms with Gasteiger partial charge in [0.25, 0.3) is 17.1 Å². The second-order valence-electron chi connectivity index (χ2n) is 7.65. The number of amides is 3. The van der Waals surface area contributed by atoms with E-state index in [4.69, 9.17) is 16.3 Å². The van der Waals surface area contributed by atoms with Crippen molar-refractivity contribution in [2.45, 2.75) is 13.5 Å². The summed E-state index contributed by atoms with van der Waals surface area (Å²) in [6, 6.07) is 21.7. The summed E-state index contributed by atoms with van der Waals surface area (Å²) in [5.41, 5.74) is 3.31. The molecule has 3 amide bonds. The highest BCUT2D eigenvalue weighted by Crippen LogP contribution is 2.34. The molecule has 3 aromatic rings. The fraction of sp³-hybridized carbons (Fsp3) is 0.115. The summed E-state index contributed by atoms with van der Waals surface area (Å²) in [5.74, 6) is -0.312. The van der Waals surface area contributed by atoms with Gasteiger partial charge in [-0.25, -0.2) is 0 Å². The van der Waals surface area contributed by atoms with E-state index in [1.54, 1.807) is 36.4 Å². The number of para-hydroxylation sites is 1. The summed E-state index contributed by atoms with van der Waals surface area (Å²) in [7, 11) is 0. The third-order valence-corrected chi connectivity index (χ3v) is 6.21. The van der Waals surface area contributed by atoms with Crippen LogP contribution in [0.2, 0.25) is 5.02 Å². The van der Waals surface area contributed by atoms with Crippen LogP contribution in [0, 0.1) is 6.92 Å². The van der Waals surface area contributed by atoms with Gasteiger partial charge in [-0.1, -0.05) is 65.7 Å². The van der Waals surface area contributed by atoms with Crippen LogP contribution in [0.1, 0.15) is 16.7 Å². The first-order valence-corrected chi connectivity index (χ1v) is 11.7. The molecule has 3 aromatic carbocycles. The molecule has 1 heterocycles. The number of carbonyl (C=O) groups is 3. The van der Waals surface area contributed by atoms with Crippen LogP contribution in [0.15, 0.2) is 77.7 Å². The summed E-state index contributed by atoms with van der Waals surface area (Å²) in [5, 5.41) is 2.71. The molecular weight excluding hydrogens is 472 g/mol. The number of hydrogen-bond acceptors (Lipinski definition) is 5. The minimum Gasteiger partial charge on any atom is -0.482 e. The molecule has 1 saturated heterocycles. The van der Waals surface area contributed by atoms with Gasteiger partial charge in [0.1, 0.15) is 5.75 Å². The van der Waals surface area contributed by atoms with Crippen LogP contribution in [0.3, 0.4) is 0 Å². The summed E-state index contributed by atoms with van der Waals surface area (Å²) in [6.45, 7) is 2.00. The van der Waals surface area contributed by atoms with E-state index < -0.39 is 0 Å². The zero-order valence-corrected chi connectivity index (χ0v) is 19.9. The maximum Gasteiger partial charge on any atom is 0.293 e. The zero-order valence-electron chi connectivity index (χ0n) is 18.3. The standard InChI is InChI=1S/C26H21ClN2O4S/c1-17-7-9-18(10-8-17)15-29-25(31)23(34-26(29)32)14-19-11-12-22(21(27)13-19)33-16-24(30)28-20-5-3-2-4-6-20/h2-14H,15-16H2,1H3,(H,28,30)/b23-14-. The topological polar surface area (TPSA) is 75.7 Å². The molecule has 8 heteroatoms. The number of ether oxygens (including phenoxy) is 1. The van der Waals surface area contributed by atoms with E-state index in [1.807, 2.05) is 49.4 Å². The first-order valence-electron chi connectivity index (χ1n) is 10.5. The van der Waals surface area contributed by atoms with Crippen molar-refractivity contribution in [1.29, 1.82) is 0 Å². The second kappa shape index (κ2) is 10.6. The maximum absolute atomic E-state index is 12.8. The van der Waals surface area contributed by atoms with Crippen LogP contribution in [0.5, 0.6) is 5.75 Å². The molecule has 1 aliphatic heterocycles. The Morgan fingerprint density at radius 3 is 2.50 bits per heavy atom. The number of nitrogens with one attached hydrogen (secondary N) is 1. The number of anilines is 1. The van der Waals surface area contributed by atoms with Crippen LogP contribution in [-0.2, 0) is 16.1 Å². The third kappa shape index (κ3) is 5.87. The van der Waals surface area contributed by atoms with E-state index >= 15 is 0 Å². The molecule has 1 fully saturated rings. The minimum atomic E-state index is -0.343. The lowest BCUT2D eigenvalue weighted by molar-refractivity contribution is -0.123. The van der Waals surface area contributed by atoms with Gasteiger partial charge in [-0.2, -0.15) is 0 Å². The van der Waals surface area contributed by atoms with E-state index in [-0.39, 0.29) is 30.2 Å². The van der Waals surface area contributed by atoms with Crippen molar-refractivity contribution in [3.63, 3.8) is 0 Å². The van der Waals surface area contributed by atoms with Gasteiger partial charge in [0, 0.05) is 5.69 Å². The van der Waals surface area contributed by atoms with Crippen LogP contribution in [0.25, 0.3) is 6.08 Å². The van der Waals surface area contributed by atoms with Crippen molar-refractivity contribution < 1.29 is 19.1 Å². The van der Waals surface area contributed by atoms with E-state index in [0.29, 0.717) is 26.9 Å². The molecule has 0 aromatic heterocycles. The molecule has 0 saturated carbocycles. The Morgan fingerprint density at radius 2 is 1.79 bits per heavy atom. The Kier molecular flexibility index (Phi) is 7.35. The van der Waals surface area contributed by atoms with Crippen molar-refractivity contribution in [2.75, 3.05) is 11.9 Å². The lowest BCUT2D eigenvalue weighted by Crippen LogP contribution is -2.27. The average molecular weight is 493 g/mol. The number of thioether (sulfide) groups is 1. The second-order valence-corrected chi connectivity index (χ2v) is 9.05. The molecule has 6 nitrogen and oxygen atoms in total. The minimum absolute atomic E-state index is 0.203. The van der Waals surface area contributed by atoms with Crippen molar-refractivity contribution in [3.8, 4) is 5.75 Å². The molecule has 0 spiro atoms. The van der Waals surface area contributed by atoms with Gasteiger partial charge in [0.15, 0.2) is 6.61 Å². The molecular formula is C26H21ClN2O4S. The SMILES string of the molecule is Cc1ccc(CN2C(=O)S/C(=C\c3ccc(OCC(=O)Nc4ccccc4)c(Cl)c3)C2=O)cc1. The van der Waals surface area contributed by atoms with Crippen molar-refractivity contribution in [2.24, 2.45) is 0 Å². The van der Waals surface area contributed by atoms with E-state index in [1.165, 1.54) is 4.90 Å². The predicted molar refractivity (Wildman–Crippen MR) is 135 cm³/mol. The fourth-order valence-corrected chi connectivity index (χ4v) is 4.33. The average Bonchev–Trinajstić information content (AvgIpc) is 3.08. The largest absolute Gasteiger partial charge is 0.482 e. The summed E-state index contributed by atoms with van der Waals surface area (Å²) < 4.78 is 5.53. The van der Waals surface area contributed by atoms with Crippen molar-refractivity contribution in [3.05, 3.63) is 99.4 Å².